The van der Waals surface area contributed by atoms with Crippen LogP contribution in [0.4, 0.5) is 4.79 Å². The van der Waals surface area contributed by atoms with Gasteiger partial charge in [0.05, 0.1) is 0 Å². The van der Waals surface area contributed by atoms with Gasteiger partial charge in [-0.15, -0.1) is 0 Å². The SMILES string of the molecule is CC(C)(C)OC(=O)N1CCCC1.NC1CCC1. The second kappa shape index (κ2) is 6.24. The number of amides is 1. The number of hydrogen-bond donors (Lipinski definition) is 1. The number of rotatable bonds is 0. The Morgan fingerprint density at radius 1 is 1.18 bits per heavy atom. The first-order valence-corrected chi connectivity index (χ1v) is 6.62. The highest BCUT2D eigenvalue weighted by Crippen LogP contribution is 2.14. The van der Waals surface area contributed by atoms with Gasteiger partial charge in [-0.1, -0.05) is 6.42 Å². The molecule has 4 nitrogen and oxygen atoms in total. The summed E-state index contributed by atoms with van der Waals surface area (Å²) < 4.78 is 5.21. The summed E-state index contributed by atoms with van der Waals surface area (Å²) in [4.78, 5) is 13.1. The molecule has 2 aliphatic rings. The van der Waals surface area contributed by atoms with E-state index in [1.807, 2.05) is 20.8 Å². The Hall–Kier alpha value is -0.770. The minimum atomic E-state index is -0.361. The van der Waals surface area contributed by atoms with Crippen molar-refractivity contribution in [1.82, 2.24) is 4.90 Å². The molecule has 0 radical (unpaired) electrons. The number of likely N-dealkylation sites (tertiary alicyclic amines) is 1. The molecule has 1 aliphatic carbocycles. The van der Waals surface area contributed by atoms with Crippen molar-refractivity contribution in [3.8, 4) is 0 Å². The smallest absolute Gasteiger partial charge is 0.410 e. The molecule has 17 heavy (non-hydrogen) atoms. The molecule has 2 rings (SSSR count). The van der Waals surface area contributed by atoms with Gasteiger partial charge in [-0.25, -0.2) is 4.79 Å². The summed E-state index contributed by atoms with van der Waals surface area (Å²) in [6, 6.07) is 0.565. The summed E-state index contributed by atoms with van der Waals surface area (Å²) in [5, 5.41) is 0. The van der Waals surface area contributed by atoms with Gasteiger partial charge in [-0.2, -0.15) is 0 Å². The van der Waals surface area contributed by atoms with Crippen LogP contribution in [0.3, 0.4) is 0 Å². The van der Waals surface area contributed by atoms with Crippen molar-refractivity contribution in [2.45, 2.75) is 64.5 Å². The second-order valence-corrected chi connectivity index (χ2v) is 5.87. The molecule has 1 heterocycles. The minimum Gasteiger partial charge on any atom is -0.444 e. The van der Waals surface area contributed by atoms with Gasteiger partial charge < -0.3 is 15.4 Å². The molecule has 1 saturated carbocycles. The first kappa shape index (κ1) is 14.3. The molecule has 0 aromatic carbocycles. The number of ether oxygens (including phenoxy) is 1. The van der Waals surface area contributed by atoms with Crippen molar-refractivity contribution in [1.29, 1.82) is 0 Å². The minimum absolute atomic E-state index is 0.167. The molecule has 2 fully saturated rings. The topological polar surface area (TPSA) is 55.6 Å². The molecule has 1 saturated heterocycles. The highest BCUT2D eigenvalue weighted by atomic mass is 16.6. The first-order chi connectivity index (χ1) is 7.88. The molecular weight excluding hydrogens is 216 g/mol. The molecule has 0 unspecified atom stereocenters. The van der Waals surface area contributed by atoms with Gasteiger partial charge in [-0.05, 0) is 46.5 Å². The van der Waals surface area contributed by atoms with Crippen molar-refractivity contribution < 1.29 is 9.53 Å². The first-order valence-electron chi connectivity index (χ1n) is 6.62. The summed E-state index contributed by atoms with van der Waals surface area (Å²) in [5.74, 6) is 0. The fourth-order valence-corrected chi connectivity index (χ4v) is 1.67. The normalized spacial score (nSPS) is 20.4. The Labute approximate surface area is 104 Å². The third kappa shape index (κ3) is 5.91. The third-order valence-corrected chi connectivity index (χ3v) is 2.91. The molecule has 0 aromatic heterocycles. The zero-order valence-electron chi connectivity index (χ0n) is 11.4. The van der Waals surface area contributed by atoms with Crippen LogP contribution in [0, 0.1) is 0 Å². The van der Waals surface area contributed by atoms with Crippen LogP contribution in [0.5, 0.6) is 0 Å². The van der Waals surface area contributed by atoms with Crippen molar-refractivity contribution in [2.75, 3.05) is 13.1 Å². The Morgan fingerprint density at radius 2 is 1.65 bits per heavy atom. The predicted molar refractivity (Wildman–Crippen MR) is 68.9 cm³/mol. The van der Waals surface area contributed by atoms with E-state index < -0.39 is 0 Å². The van der Waals surface area contributed by atoms with Crippen molar-refractivity contribution >= 4 is 6.09 Å². The van der Waals surface area contributed by atoms with E-state index in [1.165, 1.54) is 19.3 Å². The van der Waals surface area contributed by atoms with Crippen molar-refractivity contribution in [3.05, 3.63) is 0 Å². The van der Waals surface area contributed by atoms with Crippen molar-refractivity contribution in [3.63, 3.8) is 0 Å². The molecule has 1 aliphatic heterocycles. The average molecular weight is 242 g/mol. The molecule has 0 bridgehead atoms. The van der Waals surface area contributed by atoms with Crippen LogP contribution in [0.15, 0.2) is 0 Å². The summed E-state index contributed by atoms with van der Waals surface area (Å²) in [6.07, 6.45) is 5.94. The second-order valence-electron chi connectivity index (χ2n) is 5.87. The number of carbonyl (C=O) groups is 1. The predicted octanol–water partition coefficient (Wildman–Crippen LogP) is 2.51. The zero-order chi connectivity index (χ0) is 12.9. The maximum absolute atomic E-state index is 11.4. The summed E-state index contributed by atoms with van der Waals surface area (Å²) in [6.45, 7) is 7.38. The van der Waals surface area contributed by atoms with Crippen LogP contribution in [0.1, 0.15) is 52.9 Å². The Balaban J connectivity index is 0.000000239. The highest BCUT2D eigenvalue weighted by molar-refractivity contribution is 5.68. The van der Waals surface area contributed by atoms with E-state index in [9.17, 15) is 4.79 Å². The lowest BCUT2D eigenvalue weighted by molar-refractivity contribution is 0.0295. The lowest BCUT2D eigenvalue weighted by atomic mass is 9.95. The Kier molecular flexibility index (Phi) is 5.25. The number of nitrogens with zero attached hydrogens (tertiary/aromatic N) is 1. The monoisotopic (exact) mass is 242 g/mol. The fourth-order valence-electron chi connectivity index (χ4n) is 1.67. The fraction of sp³-hybridized carbons (Fsp3) is 0.923. The molecule has 100 valence electrons. The lowest BCUT2D eigenvalue weighted by Crippen LogP contribution is -2.34. The van der Waals surface area contributed by atoms with E-state index in [4.69, 9.17) is 10.5 Å². The molecule has 4 heteroatoms. The number of carbonyl (C=O) groups excluding carboxylic acids is 1. The molecule has 0 spiro atoms. The highest BCUT2D eigenvalue weighted by Gasteiger charge is 2.23. The lowest BCUT2D eigenvalue weighted by Gasteiger charge is -2.23. The molecule has 0 atom stereocenters. The molecular formula is C13H26N2O2. The molecule has 0 aromatic rings. The Bertz CT molecular complexity index is 238. The van der Waals surface area contributed by atoms with E-state index in [-0.39, 0.29) is 11.7 Å². The summed E-state index contributed by atoms with van der Waals surface area (Å²) in [7, 11) is 0. The quantitative estimate of drug-likeness (QED) is 0.710. The van der Waals surface area contributed by atoms with E-state index >= 15 is 0 Å². The maximum Gasteiger partial charge on any atom is 0.410 e. The number of hydrogen-bond acceptors (Lipinski definition) is 3. The van der Waals surface area contributed by atoms with Crippen molar-refractivity contribution in [2.24, 2.45) is 5.73 Å². The largest absolute Gasteiger partial charge is 0.444 e. The van der Waals surface area contributed by atoms with E-state index in [0.29, 0.717) is 6.04 Å². The summed E-state index contributed by atoms with van der Waals surface area (Å²) in [5.41, 5.74) is 5.02. The van der Waals surface area contributed by atoms with Gasteiger partial charge in [0.1, 0.15) is 5.60 Å². The van der Waals surface area contributed by atoms with Crippen LogP contribution >= 0.6 is 0 Å². The van der Waals surface area contributed by atoms with Gasteiger partial charge in [-0.3, -0.25) is 0 Å². The van der Waals surface area contributed by atoms with Crippen LogP contribution in [0.25, 0.3) is 0 Å². The van der Waals surface area contributed by atoms with Gasteiger partial charge in [0.15, 0.2) is 0 Å². The summed E-state index contributed by atoms with van der Waals surface area (Å²) >= 11 is 0. The zero-order valence-corrected chi connectivity index (χ0v) is 11.4. The van der Waals surface area contributed by atoms with E-state index in [1.54, 1.807) is 4.90 Å². The third-order valence-electron chi connectivity index (χ3n) is 2.91. The van der Waals surface area contributed by atoms with Crippen LogP contribution in [-0.4, -0.2) is 35.7 Å². The van der Waals surface area contributed by atoms with Gasteiger partial charge in [0.2, 0.25) is 0 Å². The number of nitrogens with two attached hydrogens (primary N) is 1. The van der Waals surface area contributed by atoms with E-state index in [2.05, 4.69) is 0 Å². The molecule has 2 N–H and O–H groups in total. The van der Waals surface area contributed by atoms with E-state index in [0.717, 1.165) is 25.9 Å². The maximum atomic E-state index is 11.4. The van der Waals surface area contributed by atoms with Gasteiger partial charge in [0, 0.05) is 19.1 Å². The standard InChI is InChI=1S/C9H17NO2.C4H9N/c1-9(2,3)12-8(11)10-6-4-5-7-10;5-4-2-1-3-4/h4-7H2,1-3H3;4H,1-3,5H2. The van der Waals surface area contributed by atoms with Crippen LogP contribution < -0.4 is 5.73 Å². The van der Waals surface area contributed by atoms with Gasteiger partial charge in [0.25, 0.3) is 0 Å². The molecule has 1 amide bonds. The van der Waals surface area contributed by atoms with Crippen LogP contribution in [-0.2, 0) is 4.74 Å². The van der Waals surface area contributed by atoms with Gasteiger partial charge >= 0.3 is 6.09 Å². The average Bonchev–Trinajstić information content (AvgIpc) is 2.65. The van der Waals surface area contributed by atoms with Crippen LogP contribution in [0.2, 0.25) is 0 Å². The Morgan fingerprint density at radius 3 is 1.94 bits per heavy atom.